The van der Waals surface area contributed by atoms with Crippen LogP contribution in [0.15, 0.2) is 0 Å². The Balaban J connectivity index is 1.70. The van der Waals surface area contributed by atoms with Gasteiger partial charge >= 0.3 is 0 Å². The molecule has 0 aromatic heterocycles. The van der Waals surface area contributed by atoms with E-state index >= 15 is 0 Å². The number of amides is 1. The van der Waals surface area contributed by atoms with E-state index in [0.29, 0.717) is 5.91 Å². The van der Waals surface area contributed by atoms with E-state index < -0.39 is 0 Å². The van der Waals surface area contributed by atoms with Gasteiger partial charge in [-0.3, -0.25) is 4.79 Å². The van der Waals surface area contributed by atoms with Crippen LogP contribution in [0.1, 0.15) is 46.0 Å². The Kier molecular flexibility index (Phi) is 5.04. The summed E-state index contributed by atoms with van der Waals surface area (Å²) < 4.78 is 0. The zero-order valence-electron chi connectivity index (χ0n) is 12.0. The molecule has 2 heterocycles. The van der Waals surface area contributed by atoms with E-state index in [1.165, 1.54) is 25.7 Å². The van der Waals surface area contributed by atoms with E-state index in [9.17, 15) is 4.79 Å². The van der Waals surface area contributed by atoms with Gasteiger partial charge in [-0.1, -0.05) is 26.7 Å². The molecule has 2 aliphatic heterocycles. The molecule has 1 N–H and O–H groups in total. The molecule has 0 radical (unpaired) electrons. The summed E-state index contributed by atoms with van der Waals surface area (Å²) in [5, 5.41) is 3.29. The summed E-state index contributed by atoms with van der Waals surface area (Å²) in [4.78, 5) is 14.4. The average molecular weight is 252 g/mol. The van der Waals surface area contributed by atoms with Crippen LogP contribution in [-0.2, 0) is 4.79 Å². The number of carbonyl (C=O) groups is 1. The molecule has 2 saturated heterocycles. The second kappa shape index (κ2) is 6.55. The van der Waals surface area contributed by atoms with E-state index in [-0.39, 0.29) is 5.92 Å². The number of nitrogens with zero attached hydrogens (tertiary/aromatic N) is 1. The Morgan fingerprint density at radius 3 is 2.56 bits per heavy atom. The van der Waals surface area contributed by atoms with Crippen LogP contribution in [0.25, 0.3) is 0 Å². The van der Waals surface area contributed by atoms with Crippen molar-refractivity contribution in [1.29, 1.82) is 0 Å². The van der Waals surface area contributed by atoms with Gasteiger partial charge in [-0.15, -0.1) is 0 Å². The molecule has 0 bridgehead atoms. The average Bonchev–Trinajstić information content (AvgIpc) is 2.90. The Morgan fingerprint density at radius 1 is 1.28 bits per heavy atom. The van der Waals surface area contributed by atoms with E-state index in [4.69, 9.17) is 0 Å². The van der Waals surface area contributed by atoms with Gasteiger partial charge in [0.25, 0.3) is 0 Å². The van der Waals surface area contributed by atoms with Gasteiger partial charge in [0.2, 0.25) is 5.91 Å². The minimum atomic E-state index is 0.261. The maximum absolute atomic E-state index is 12.3. The van der Waals surface area contributed by atoms with Crippen LogP contribution in [0, 0.1) is 17.8 Å². The molecule has 0 aromatic rings. The molecule has 0 aromatic carbocycles. The van der Waals surface area contributed by atoms with Gasteiger partial charge in [-0.2, -0.15) is 0 Å². The van der Waals surface area contributed by atoms with E-state index in [2.05, 4.69) is 24.1 Å². The Bertz CT molecular complexity index is 264. The summed E-state index contributed by atoms with van der Waals surface area (Å²) in [7, 11) is 0. The number of hydrogen-bond acceptors (Lipinski definition) is 2. The molecule has 2 rings (SSSR count). The first kappa shape index (κ1) is 13.9. The molecule has 0 aliphatic carbocycles. The van der Waals surface area contributed by atoms with Crippen LogP contribution in [0.4, 0.5) is 0 Å². The van der Waals surface area contributed by atoms with Crippen LogP contribution in [0.5, 0.6) is 0 Å². The first-order valence-electron chi connectivity index (χ1n) is 7.66. The van der Waals surface area contributed by atoms with Crippen molar-refractivity contribution in [2.75, 3.05) is 26.2 Å². The highest BCUT2D eigenvalue weighted by Crippen LogP contribution is 2.25. The molecule has 18 heavy (non-hydrogen) atoms. The molecule has 1 amide bonds. The van der Waals surface area contributed by atoms with Crippen molar-refractivity contribution in [3.8, 4) is 0 Å². The lowest BCUT2D eigenvalue weighted by molar-refractivity contribution is -0.136. The first-order chi connectivity index (χ1) is 8.66. The van der Waals surface area contributed by atoms with Crippen molar-refractivity contribution in [2.45, 2.75) is 46.0 Å². The summed E-state index contributed by atoms with van der Waals surface area (Å²) in [5.41, 5.74) is 0. The van der Waals surface area contributed by atoms with Gasteiger partial charge in [-0.25, -0.2) is 0 Å². The van der Waals surface area contributed by atoms with Gasteiger partial charge < -0.3 is 10.2 Å². The minimum Gasteiger partial charge on any atom is -0.342 e. The van der Waals surface area contributed by atoms with Gasteiger partial charge in [0, 0.05) is 19.6 Å². The number of carbonyl (C=O) groups excluding carboxylic acids is 1. The third-order valence-electron chi connectivity index (χ3n) is 4.49. The fourth-order valence-electron chi connectivity index (χ4n) is 3.13. The second-order valence-corrected chi connectivity index (χ2v) is 6.43. The summed E-state index contributed by atoms with van der Waals surface area (Å²) >= 11 is 0. The lowest BCUT2D eigenvalue weighted by Crippen LogP contribution is -2.42. The molecule has 0 spiro atoms. The maximum atomic E-state index is 12.3. The fourth-order valence-corrected chi connectivity index (χ4v) is 3.13. The largest absolute Gasteiger partial charge is 0.342 e. The Morgan fingerprint density at radius 2 is 2.00 bits per heavy atom. The summed E-state index contributed by atoms with van der Waals surface area (Å²) in [6.07, 6.45) is 6.17. The fraction of sp³-hybridized carbons (Fsp3) is 0.933. The molecule has 1 atom stereocenters. The van der Waals surface area contributed by atoms with Crippen LogP contribution >= 0.6 is 0 Å². The van der Waals surface area contributed by atoms with Crippen molar-refractivity contribution < 1.29 is 4.79 Å². The van der Waals surface area contributed by atoms with Crippen molar-refractivity contribution >= 4 is 5.91 Å². The van der Waals surface area contributed by atoms with Crippen molar-refractivity contribution in [2.24, 2.45) is 17.8 Å². The quantitative estimate of drug-likeness (QED) is 0.832. The Hall–Kier alpha value is -0.570. The topological polar surface area (TPSA) is 32.3 Å². The number of likely N-dealkylation sites (tertiary alicyclic amines) is 1. The molecular weight excluding hydrogens is 224 g/mol. The minimum absolute atomic E-state index is 0.261. The lowest BCUT2D eigenvalue weighted by atomic mass is 9.89. The third-order valence-corrected chi connectivity index (χ3v) is 4.49. The van der Waals surface area contributed by atoms with Crippen LogP contribution in [0.3, 0.4) is 0 Å². The first-order valence-corrected chi connectivity index (χ1v) is 7.66. The van der Waals surface area contributed by atoms with Crippen molar-refractivity contribution in [1.82, 2.24) is 10.2 Å². The van der Waals surface area contributed by atoms with Gasteiger partial charge in [0.1, 0.15) is 0 Å². The normalized spacial score (nSPS) is 25.9. The van der Waals surface area contributed by atoms with Gasteiger partial charge in [0.05, 0.1) is 5.92 Å². The molecule has 3 heteroatoms. The number of nitrogens with one attached hydrogen (secondary N) is 1. The molecular formula is C15H28N2O. The molecule has 1 unspecified atom stereocenters. The zero-order valence-corrected chi connectivity index (χ0v) is 12.0. The lowest BCUT2D eigenvalue weighted by Gasteiger charge is -2.33. The molecule has 2 fully saturated rings. The summed E-state index contributed by atoms with van der Waals surface area (Å²) in [5.74, 6) is 2.34. The van der Waals surface area contributed by atoms with E-state index in [1.54, 1.807) is 0 Å². The smallest absolute Gasteiger partial charge is 0.227 e. The summed E-state index contributed by atoms with van der Waals surface area (Å²) in [6.45, 7) is 8.50. The number of hydrogen-bond donors (Lipinski definition) is 1. The van der Waals surface area contributed by atoms with E-state index in [0.717, 1.165) is 44.4 Å². The number of piperidine rings is 1. The highest BCUT2D eigenvalue weighted by molar-refractivity contribution is 5.79. The second-order valence-electron chi connectivity index (χ2n) is 6.43. The molecule has 104 valence electrons. The monoisotopic (exact) mass is 252 g/mol. The molecule has 0 saturated carbocycles. The van der Waals surface area contributed by atoms with E-state index in [1.807, 2.05) is 0 Å². The standard InChI is InChI=1S/C15H28N2O/c1-12(2)3-4-13-6-9-17(10-7-13)15(18)14-5-8-16-11-14/h12-14,16H,3-11H2,1-2H3. The SMILES string of the molecule is CC(C)CCC1CCN(C(=O)C2CCNC2)CC1. The van der Waals surface area contributed by atoms with Crippen LogP contribution in [0.2, 0.25) is 0 Å². The van der Waals surface area contributed by atoms with Gasteiger partial charge in [0.15, 0.2) is 0 Å². The maximum Gasteiger partial charge on any atom is 0.227 e. The predicted octanol–water partition coefficient (Wildman–Crippen LogP) is 2.27. The Labute approximate surface area is 111 Å². The predicted molar refractivity (Wildman–Crippen MR) is 74.4 cm³/mol. The molecule has 3 nitrogen and oxygen atoms in total. The summed E-state index contributed by atoms with van der Waals surface area (Å²) in [6, 6.07) is 0. The van der Waals surface area contributed by atoms with Crippen molar-refractivity contribution in [3.05, 3.63) is 0 Å². The van der Waals surface area contributed by atoms with Crippen molar-refractivity contribution in [3.63, 3.8) is 0 Å². The van der Waals surface area contributed by atoms with Gasteiger partial charge in [-0.05, 0) is 37.6 Å². The zero-order chi connectivity index (χ0) is 13.0. The highest BCUT2D eigenvalue weighted by atomic mass is 16.2. The van der Waals surface area contributed by atoms with Crippen LogP contribution in [-0.4, -0.2) is 37.0 Å². The number of rotatable bonds is 4. The third kappa shape index (κ3) is 3.71. The molecule has 2 aliphatic rings. The van der Waals surface area contributed by atoms with Crippen LogP contribution < -0.4 is 5.32 Å². The highest BCUT2D eigenvalue weighted by Gasteiger charge is 2.29.